The van der Waals surface area contributed by atoms with Crippen LogP contribution in [0.1, 0.15) is 33.1 Å². The fourth-order valence-electron chi connectivity index (χ4n) is 2.23. The maximum absolute atomic E-state index is 12.1. The van der Waals surface area contributed by atoms with Crippen molar-refractivity contribution < 1.29 is 9.59 Å². The summed E-state index contributed by atoms with van der Waals surface area (Å²) in [5.74, 6) is -0.0615. The zero-order valence-corrected chi connectivity index (χ0v) is 12.6. The molecule has 1 saturated heterocycles. The number of nitrogens with one attached hydrogen (secondary N) is 3. The molecule has 1 atom stereocenters. The lowest BCUT2D eigenvalue weighted by Gasteiger charge is -2.22. The summed E-state index contributed by atoms with van der Waals surface area (Å²) in [6.07, 6.45) is 3.10. The number of rotatable bonds is 4. The van der Waals surface area contributed by atoms with Gasteiger partial charge in [0.2, 0.25) is 11.8 Å². The normalized spacial score (nSPS) is 18.3. The van der Waals surface area contributed by atoms with Crippen molar-refractivity contribution in [1.82, 2.24) is 5.32 Å². The minimum Gasteiger partial charge on any atom is -0.326 e. The first-order chi connectivity index (χ1) is 10.1. The highest BCUT2D eigenvalue weighted by Crippen LogP contribution is 2.16. The minimum atomic E-state index is -0.0981. The third-order valence-corrected chi connectivity index (χ3v) is 3.57. The Hall–Kier alpha value is -1.88. The molecule has 1 heterocycles. The van der Waals surface area contributed by atoms with Gasteiger partial charge in [0.1, 0.15) is 0 Å². The lowest BCUT2D eigenvalue weighted by Crippen LogP contribution is -2.43. The van der Waals surface area contributed by atoms with E-state index in [0.29, 0.717) is 0 Å². The van der Waals surface area contributed by atoms with Crippen molar-refractivity contribution in [2.45, 2.75) is 39.2 Å². The average molecular weight is 289 g/mol. The molecule has 2 rings (SSSR count). The second-order valence-corrected chi connectivity index (χ2v) is 5.71. The molecule has 0 aliphatic carbocycles. The fraction of sp³-hybridized carbons (Fsp3) is 0.500. The number of anilines is 2. The quantitative estimate of drug-likeness (QED) is 0.797. The van der Waals surface area contributed by atoms with Crippen molar-refractivity contribution in [2.75, 3.05) is 17.2 Å². The zero-order valence-electron chi connectivity index (χ0n) is 12.6. The Balaban J connectivity index is 1.89. The Morgan fingerprint density at radius 3 is 2.24 bits per heavy atom. The topological polar surface area (TPSA) is 70.2 Å². The van der Waals surface area contributed by atoms with Gasteiger partial charge in [-0.25, -0.2) is 0 Å². The van der Waals surface area contributed by atoms with Gasteiger partial charge in [0, 0.05) is 17.3 Å². The minimum absolute atomic E-state index is 0.00802. The van der Waals surface area contributed by atoms with Crippen molar-refractivity contribution in [2.24, 2.45) is 5.92 Å². The maximum Gasteiger partial charge on any atom is 0.241 e. The molecule has 21 heavy (non-hydrogen) atoms. The van der Waals surface area contributed by atoms with E-state index in [1.165, 1.54) is 0 Å². The lowest BCUT2D eigenvalue weighted by molar-refractivity contribution is -0.119. The van der Waals surface area contributed by atoms with Gasteiger partial charge in [-0.3, -0.25) is 9.59 Å². The van der Waals surface area contributed by atoms with E-state index in [1.807, 2.05) is 13.8 Å². The van der Waals surface area contributed by atoms with Gasteiger partial charge in [-0.15, -0.1) is 0 Å². The molecule has 5 nitrogen and oxygen atoms in total. The smallest absolute Gasteiger partial charge is 0.241 e. The molecule has 0 radical (unpaired) electrons. The van der Waals surface area contributed by atoms with Crippen LogP contribution in [0.25, 0.3) is 0 Å². The molecule has 0 saturated carbocycles. The largest absolute Gasteiger partial charge is 0.326 e. The summed E-state index contributed by atoms with van der Waals surface area (Å²) in [4.78, 5) is 23.7. The van der Waals surface area contributed by atoms with Crippen molar-refractivity contribution in [3.63, 3.8) is 0 Å². The molecule has 1 unspecified atom stereocenters. The molecule has 5 heteroatoms. The van der Waals surface area contributed by atoms with E-state index >= 15 is 0 Å². The van der Waals surface area contributed by atoms with Gasteiger partial charge in [-0.1, -0.05) is 20.3 Å². The Morgan fingerprint density at radius 1 is 1.10 bits per heavy atom. The van der Waals surface area contributed by atoms with Gasteiger partial charge >= 0.3 is 0 Å². The van der Waals surface area contributed by atoms with Crippen molar-refractivity contribution in [3.8, 4) is 0 Å². The molecular formula is C16H23N3O2. The van der Waals surface area contributed by atoms with Crippen LogP contribution in [0, 0.1) is 5.92 Å². The van der Waals surface area contributed by atoms with Crippen LogP contribution in [-0.4, -0.2) is 24.4 Å². The summed E-state index contributed by atoms with van der Waals surface area (Å²) in [7, 11) is 0. The van der Waals surface area contributed by atoms with Crippen LogP contribution in [0.3, 0.4) is 0 Å². The number of benzene rings is 1. The van der Waals surface area contributed by atoms with Crippen LogP contribution in [0.5, 0.6) is 0 Å². The third-order valence-electron chi connectivity index (χ3n) is 3.57. The molecule has 114 valence electrons. The predicted molar refractivity (Wildman–Crippen MR) is 84.2 cm³/mol. The highest BCUT2D eigenvalue weighted by atomic mass is 16.2. The van der Waals surface area contributed by atoms with Crippen molar-refractivity contribution in [3.05, 3.63) is 24.3 Å². The molecule has 1 fully saturated rings. The molecular weight excluding hydrogens is 266 g/mol. The average Bonchev–Trinajstić information content (AvgIpc) is 2.50. The first-order valence-corrected chi connectivity index (χ1v) is 7.51. The monoisotopic (exact) mass is 289 g/mol. The summed E-state index contributed by atoms with van der Waals surface area (Å²) in [5, 5.41) is 8.94. The van der Waals surface area contributed by atoms with Gasteiger partial charge in [0.25, 0.3) is 0 Å². The third kappa shape index (κ3) is 4.56. The number of hydrogen-bond acceptors (Lipinski definition) is 3. The SMILES string of the molecule is CC(C)C(=O)Nc1ccc(NC(=O)C2CCCCN2)cc1. The number of amides is 2. The van der Waals surface area contributed by atoms with Gasteiger partial charge in [-0.05, 0) is 43.7 Å². The van der Waals surface area contributed by atoms with Crippen LogP contribution in [0.4, 0.5) is 11.4 Å². The zero-order chi connectivity index (χ0) is 15.2. The molecule has 1 aromatic carbocycles. The number of carbonyl (C=O) groups is 2. The van der Waals surface area contributed by atoms with Gasteiger partial charge in [0.05, 0.1) is 6.04 Å². The van der Waals surface area contributed by atoms with E-state index in [9.17, 15) is 9.59 Å². The van der Waals surface area contributed by atoms with E-state index in [0.717, 1.165) is 37.2 Å². The molecule has 1 aromatic rings. The van der Waals surface area contributed by atoms with Crippen LogP contribution in [-0.2, 0) is 9.59 Å². The first-order valence-electron chi connectivity index (χ1n) is 7.51. The Kier molecular flexibility index (Phi) is 5.33. The van der Waals surface area contributed by atoms with Crippen LogP contribution < -0.4 is 16.0 Å². The number of carbonyl (C=O) groups excluding carboxylic acids is 2. The van der Waals surface area contributed by atoms with Crippen LogP contribution in [0.15, 0.2) is 24.3 Å². The van der Waals surface area contributed by atoms with Gasteiger partial charge in [-0.2, -0.15) is 0 Å². The van der Waals surface area contributed by atoms with E-state index in [4.69, 9.17) is 0 Å². The van der Waals surface area contributed by atoms with E-state index in [2.05, 4.69) is 16.0 Å². The standard InChI is InChI=1S/C16H23N3O2/c1-11(2)15(20)18-12-6-8-13(9-7-12)19-16(21)14-5-3-4-10-17-14/h6-9,11,14,17H,3-5,10H2,1-2H3,(H,18,20)(H,19,21). The lowest BCUT2D eigenvalue weighted by atomic mass is 10.0. The molecule has 3 N–H and O–H groups in total. The Morgan fingerprint density at radius 2 is 1.71 bits per heavy atom. The second-order valence-electron chi connectivity index (χ2n) is 5.71. The molecule has 1 aliphatic heterocycles. The fourth-order valence-corrected chi connectivity index (χ4v) is 2.23. The van der Waals surface area contributed by atoms with Crippen LogP contribution >= 0.6 is 0 Å². The highest BCUT2D eigenvalue weighted by molar-refractivity contribution is 5.95. The number of piperidine rings is 1. The molecule has 0 spiro atoms. The highest BCUT2D eigenvalue weighted by Gasteiger charge is 2.20. The van der Waals surface area contributed by atoms with Crippen molar-refractivity contribution >= 4 is 23.2 Å². The number of hydrogen-bond donors (Lipinski definition) is 3. The summed E-state index contributed by atoms with van der Waals surface area (Å²) in [5.41, 5.74) is 1.48. The van der Waals surface area contributed by atoms with E-state index < -0.39 is 0 Å². The molecule has 2 amide bonds. The van der Waals surface area contributed by atoms with Gasteiger partial charge < -0.3 is 16.0 Å². The Bertz CT molecular complexity index is 491. The maximum atomic E-state index is 12.1. The van der Waals surface area contributed by atoms with E-state index in [1.54, 1.807) is 24.3 Å². The summed E-state index contributed by atoms with van der Waals surface area (Å²) >= 11 is 0. The molecule has 1 aliphatic rings. The van der Waals surface area contributed by atoms with Gasteiger partial charge in [0.15, 0.2) is 0 Å². The second kappa shape index (κ2) is 7.22. The van der Waals surface area contributed by atoms with Crippen LogP contribution in [0.2, 0.25) is 0 Å². The molecule has 0 bridgehead atoms. The summed E-state index contributed by atoms with van der Waals surface area (Å²) < 4.78 is 0. The Labute approximate surface area is 125 Å². The first kappa shape index (κ1) is 15.5. The molecule has 0 aromatic heterocycles. The summed E-state index contributed by atoms with van der Waals surface area (Å²) in [6.45, 7) is 4.60. The predicted octanol–water partition coefficient (Wildman–Crippen LogP) is 2.36. The summed E-state index contributed by atoms with van der Waals surface area (Å²) in [6, 6.07) is 7.10. The van der Waals surface area contributed by atoms with Crippen molar-refractivity contribution in [1.29, 1.82) is 0 Å². The van der Waals surface area contributed by atoms with E-state index in [-0.39, 0.29) is 23.8 Å².